The van der Waals surface area contributed by atoms with Gasteiger partial charge in [-0.25, -0.2) is 4.98 Å². The van der Waals surface area contributed by atoms with Gasteiger partial charge in [0.1, 0.15) is 10.7 Å². The molecule has 0 aliphatic carbocycles. The number of aryl methyl sites for hydroxylation is 2. The summed E-state index contributed by atoms with van der Waals surface area (Å²) in [5.41, 5.74) is 5.07. The van der Waals surface area contributed by atoms with E-state index in [0.29, 0.717) is 5.52 Å². The highest BCUT2D eigenvalue weighted by atomic mass is 16.3. The minimum atomic E-state index is 0. The number of para-hydroxylation sites is 2. The number of hydrogen-bond donors (Lipinski definition) is 1. The van der Waals surface area contributed by atoms with Crippen LogP contribution in [0.15, 0.2) is 48.5 Å². The summed E-state index contributed by atoms with van der Waals surface area (Å²) in [5.74, 6) is 0.0969. The second-order valence-corrected chi connectivity index (χ2v) is 5.41. The zero-order valence-corrected chi connectivity index (χ0v) is 12.8. The van der Waals surface area contributed by atoms with E-state index in [9.17, 15) is 5.11 Å². The highest BCUT2D eigenvalue weighted by Crippen LogP contribution is 2.23. The molecule has 0 spiro atoms. The molecule has 0 atom stereocenters. The Balaban J connectivity index is 0.00000156. The molecule has 6 nitrogen and oxygen atoms in total. The fraction of sp³-hybridized carbons (Fsp3) is 0.118. The molecule has 6 heteroatoms. The molecule has 0 unspecified atom stereocenters. The SMILES string of the molecule is Cc1ccc(-n2n[n+]3c(c(C)nc4ccccc43)c2O)cc1.[OH-]. The van der Waals surface area contributed by atoms with Gasteiger partial charge in [0.05, 0.1) is 5.69 Å². The average molecular weight is 308 g/mol. The quantitative estimate of drug-likeness (QED) is 0.547. The maximum Gasteiger partial charge on any atom is 0.361 e. The summed E-state index contributed by atoms with van der Waals surface area (Å²) in [6.45, 7) is 3.90. The monoisotopic (exact) mass is 308 g/mol. The van der Waals surface area contributed by atoms with E-state index in [0.717, 1.165) is 28.0 Å². The van der Waals surface area contributed by atoms with Crippen LogP contribution in [0.4, 0.5) is 0 Å². The highest BCUT2D eigenvalue weighted by molar-refractivity contribution is 5.74. The lowest BCUT2D eigenvalue weighted by Crippen LogP contribution is -2.27. The molecule has 4 rings (SSSR count). The Hall–Kier alpha value is -2.99. The molecule has 23 heavy (non-hydrogen) atoms. The Labute approximate surface area is 132 Å². The topological polar surface area (TPSA) is 85.0 Å². The van der Waals surface area contributed by atoms with E-state index in [1.165, 1.54) is 4.68 Å². The smallest absolute Gasteiger partial charge is 0.361 e. The lowest BCUT2D eigenvalue weighted by atomic mass is 10.2. The first-order chi connectivity index (χ1) is 10.6. The van der Waals surface area contributed by atoms with Gasteiger partial charge in [0.2, 0.25) is 0 Å². The molecule has 0 radical (unpaired) electrons. The normalized spacial score (nSPS) is 10.9. The summed E-state index contributed by atoms with van der Waals surface area (Å²) in [6, 6.07) is 15.6. The van der Waals surface area contributed by atoms with E-state index < -0.39 is 0 Å². The van der Waals surface area contributed by atoms with Crippen molar-refractivity contribution < 1.29 is 15.1 Å². The molecule has 4 aromatic rings. The maximum absolute atomic E-state index is 10.6. The Morgan fingerprint density at radius 1 is 1.00 bits per heavy atom. The lowest BCUT2D eigenvalue weighted by Gasteiger charge is -1.96. The number of nitrogens with zero attached hydrogens (tertiary/aromatic N) is 4. The fourth-order valence-corrected chi connectivity index (χ4v) is 2.69. The third-order valence-electron chi connectivity index (χ3n) is 3.82. The molecule has 2 N–H and O–H groups in total. The number of aromatic nitrogens is 4. The number of fused-ring (bicyclic) bond motifs is 3. The van der Waals surface area contributed by atoms with Crippen molar-refractivity contribution in [3.63, 3.8) is 0 Å². The molecule has 0 fully saturated rings. The minimum absolute atomic E-state index is 0. The van der Waals surface area contributed by atoms with Crippen molar-refractivity contribution in [3.8, 4) is 11.6 Å². The van der Waals surface area contributed by atoms with Crippen LogP contribution in [0.5, 0.6) is 5.88 Å². The van der Waals surface area contributed by atoms with E-state index in [4.69, 9.17) is 0 Å². The Morgan fingerprint density at radius 2 is 1.70 bits per heavy atom. The van der Waals surface area contributed by atoms with Gasteiger partial charge in [-0.2, -0.15) is 0 Å². The predicted octanol–water partition coefficient (Wildman–Crippen LogP) is 2.30. The van der Waals surface area contributed by atoms with Gasteiger partial charge in [-0.15, -0.1) is 0 Å². The van der Waals surface area contributed by atoms with Crippen LogP contribution in [0.25, 0.3) is 22.2 Å². The van der Waals surface area contributed by atoms with Gasteiger partial charge in [-0.1, -0.05) is 39.0 Å². The Kier molecular flexibility index (Phi) is 3.46. The van der Waals surface area contributed by atoms with Crippen LogP contribution < -0.4 is 4.52 Å². The van der Waals surface area contributed by atoms with Crippen molar-refractivity contribution in [2.45, 2.75) is 13.8 Å². The van der Waals surface area contributed by atoms with E-state index in [2.05, 4.69) is 10.2 Å². The molecule has 2 aromatic carbocycles. The summed E-state index contributed by atoms with van der Waals surface area (Å²) in [4.78, 5) is 4.55. The van der Waals surface area contributed by atoms with E-state index >= 15 is 0 Å². The van der Waals surface area contributed by atoms with Gasteiger partial charge in [0, 0.05) is 0 Å². The van der Waals surface area contributed by atoms with Gasteiger partial charge >= 0.3 is 5.88 Å². The second-order valence-electron chi connectivity index (χ2n) is 5.41. The zero-order chi connectivity index (χ0) is 15.3. The lowest BCUT2D eigenvalue weighted by molar-refractivity contribution is -0.556. The third-order valence-corrected chi connectivity index (χ3v) is 3.82. The summed E-state index contributed by atoms with van der Waals surface area (Å²) >= 11 is 0. The van der Waals surface area contributed by atoms with Crippen LogP contribution >= 0.6 is 0 Å². The molecular formula is C17H16N4O2. The summed E-state index contributed by atoms with van der Waals surface area (Å²) < 4.78 is 3.28. The van der Waals surface area contributed by atoms with Crippen LogP contribution in [0.1, 0.15) is 11.3 Å². The predicted molar refractivity (Wildman–Crippen MR) is 85.1 cm³/mol. The van der Waals surface area contributed by atoms with Gasteiger partial charge in [-0.3, -0.25) is 0 Å². The van der Waals surface area contributed by atoms with Crippen LogP contribution in [-0.4, -0.2) is 25.5 Å². The standard InChI is InChI=1S/C17H14N4O.H2O/c1-11-7-9-13(10-8-11)20-17(22)16-12(2)18-14-5-3-4-6-15(14)21(16)19-20;/h3-10H,1-2H3;1H2. The molecule has 0 saturated carbocycles. The number of rotatable bonds is 1. The van der Waals surface area contributed by atoms with Crippen molar-refractivity contribution in [3.05, 3.63) is 59.8 Å². The number of aromatic hydroxyl groups is 1. The molecule has 0 bridgehead atoms. The average Bonchev–Trinajstić information content (AvgIpc) is 2.87. The van der Waals surface area contributed by atoms with E-state index in [1.807, 2.05) is 62.4 Å². The largest absolute Gasteiger partial charge is 0.870 e. The van der Waals surface area contributed by atoms with Gasteiger partial charge in [0.25, 0.3) is 5.52 Å². The van der Waals surface area contributed by atoms with Crippen LogP contribution in [0.3, 0.4) is 0 Å². The molecule has 0 saturated heterocycles. The second kappa shape index (κ2) is 5.33. The third kappa shape index (κ3) is 2.20. The number of benzene rings is 2. The highest BCUT2D eigenvalue weighted by Gasteiger charge is 2.25. The minimum Gasteiger partial charge on any atom is -0.870 e. The fourth-order valence-electron chi connectivity index (χ4n) is 2.69. The molecule has 0 aliphatic heterocycles. The molecule has 116 valence electrons. The van der Waals surface area contributed by atoms with Crippen molar-refractivity contribution >= 4 is 16.6 Å². The molecular weight excluding hydrogens is 292 g/mol. The molecule has 0 amide bonds. The van der Waals surface area contributed by atoms with Gasteiger partial charge in [-0.05, 0) is 38.1 Å². The first kappa shape index (κ1) is 14.9. The molecule has 0 aliphatic rings. The molecule has 2 aromatic heterocycles. The van der Waals surface area contributed by atoms with Crippen LogP contribution in [0.2, 0.25) is 0 Å². The maximum atomic E-state index is 10.6. The zero-order valence-electron chi connectivity index (χ0n) is 12.8. The first-order valence-corrected chi connectivity index (χ1v) is 7.11. The van der Waals surface area contributed by atoms with E-state index in [1.54, 1.807) is 4.52 Å². The molecule has 2 heterocycles. The number of hydrogen-bond acceptors (Lipinski definition) is 4. The summed E-state index contributed by atoms with van der Waals surface area (Å²) in [7, 11) is 0. The van der Waals surface area contributed by atoms with Crippen LogP contribution in [0, 0.1) is 13.8 Å². The van der Waals surface area contributed by atoms with Gasteiger partial charge in [0.15, 0.2) is 11.2 Å². The van der Waals surface area contributed by atoms with Crippen molar-refractivity contribution in [2.24, 2.45) is 0 Å². The van der Waals surface area contributed by atoms with Crippen molar-refractivity contribution in [1.82, 2.24) is 14.9 Å². The Morgan fingerprint density at radius 3 is 2.43 bits per heavy atom. The van der Waals surface area contributed by atoms with Crippen molar-refractivity contribution in [2.75, 3.05) is 0 Å². The summed E-state index contributed by atoms with van der Waals surface area (Å²) in [5, 5.41) is 15.1. The van der Waals surface area contributed by atoms with E-state index in [-0.39, 0.29) is 11.4 Å². The Bertz CT molecular complexity index is 1010. The first-order valence-electron chi connectivity index (χ1n) is 7.11. The summed E-state index contributed by atoms with van der Waals surface area (Å²) in [6.07, 6.45) is 0. The van der Waals surface area contributed by atoms with Crippen molar-refractivity contribution in [1.29, 1.82) is 0 Å². The van der Waals surface area contributed by atoms with Gasteiger partial charge < -0.3 is 10.6 Å². The van der Waals surface area contributed by atoms with Crippen LogP contribution in [-0.2, 0) is 0 Å².